The van der Waals surface area contributed by atoms with Crippen molar-refractivity contribution in [3.8, 4) is 0 Å². The largest absolute Gasteiger partial charge is 0.377 e. The Bertz CT molecular complexity index is 545. The molecule has 0 atom stereocenters. The van der Waals surface area contributed by atoms with Crippen LogP contribution in [0.1, 0.15) is 24.2 Å². The maximum absolute atomic E-state index is 13.4. The molecule has 2 rings (SSSR count). The van der Waals surface area contributed by atoms with Crippen molar-refractivity contribution < 1.29 is 18.7 Å². The summed E-state index contributed by atoms with van der Waals surface area (Å²) in [4.78, 5) is 24.8. The van der Waals surface area contributed by atoms with Crippen LogP contribution in [0, 0.1) is 5.82 Å². The van der Waals surface area contributed by atoms with Crippen LogP contribution >= 0.6 is 11.6 Å². The van der Waals surface area contributed by atoms with E-state index >= 15 is 0 Å². The summed E-state index contributed by atoms with van der Waals surface area (Å²) in [7, 11) is 0. The van der Waals surface area contributed by atoms with Crippen molar-refractivity contribution in [3.05, 3.63) is 28.5 Å². The minimum atomic E-state index is -0.677. The zero-order valence-corrected chi connectivity index (χ0v) is 11.3. The van der Waals surface area contributed by atoms with Crippen molar-refractivity contribution in [2.45, 2.75) is 20.0 Å². The second kappa shape index (κ2) is 5.27. The highest BCUT2D eigenvalue weighted by atomic mass is 35.5. The van der Waals surface area contributed by atoms with Crippen LogP contribution in [-0.2, 0) is 9.53 Å². The van der Waals surface area contributed by atoms with Crippen molar-refractivity contribution in [3.63, 3.8) is 0 Å². The number of nitrogens with zero attached hydrogens (tertiary/aromatic N) is 1. The van der Waals surface area contributed by atoms with Gasteiger partial charge >= 0.3 is 0 Å². The van der Waals surface area contributed by atoms with E-state index in [4.69, 9.17) is 16.3 Å². The fraction of sp³-hybridized carbons (Fsp3) is 0.385. The molecule has 1 aliphatic rings. The van der Waals surface area contributed by atoms with Crippen LogP contribution < -0.4 is 4.90 Å². The predicted molar refractivity (Wildman–Crippen MR) is 69.2 cm³/mol. The number of ether oxygens (including phenoxy) is 1. The number of carbonyl (C=O) groups excluding carboxylic acids is 2. The molecule has 0 radical (unpaired) electrons. The Balaban J connectivity index is 2.26. The molecule has 0 fully saturated rings. The second-order valence-electron chi connectivity index (χ2n) is 4.49. The van der Waals surface area contributed by atoms with Gasteiger partial charge in [-0.25, -0.2) is 4.39 Å². The van der Waals surface area contributed by atoms with Gasteiger partial charge in [-0.2, -0.15) is 0 Å². The first-order chi connectivity index (χ1) is 8.91. The normalized spacial score (nSPS) is 14.5. The fourth-order valence-corrected chi connectivity index (χ4v) is 2.05. The molecule has 19 heavy (non-hydrogen) atoms. The van der Waals surface area contributed by atoms with E-state index in [-0.39, 0.29) is 35.5 Å². The number of Topliss-reactive ketones (excluding diaryl/α,β-unsaturated/α-hetero) is 1. The number of anilines is 1. The van der Waals surface area contributed by atoms with Crippen molar-refractivity contribution in [1.29, 1.82) is 0 Å². The predicted octanol–water partition coefficient (Wildman–Crippen LogP) is 2.43. The van der Waals surface area contributed by atoms with Crippen LogP contribution in [0.15, 0.2) is 12.1 Å². The molecule has 1 aromatic rings. The highest BCUT2D eigenvalue weighted by molar-refractivity contribution is 6.52. The van der Waals surface area contributed by atoms with Crippen molar-refractivity contribution >= 4 is 29.0 Å². The highest BCUT2D eigenvalue weighted by Gasteiger charge is 2.36. The molecule has 1 heterocycles. The summed E-state index contributed by atoms with van der Waals surface area (Å²) in [6, 6.07) is 2.30. The lowest BCUT2D eigenvalue weighted by molar-refractivity contribution is -0.114. The molecule has 1 aliphatic heterocycles. The molecule has 0 saturated carbocycles. The van der Waals surface area contributed by atoms with Crippen molar-refractivity contribution in [2.24, 2.45) is 0 Å². The van der Waals surface area contributed by atoms with E-state index in [0.717, 1.165) is 6.07 Å². The number of ketones is 1. The Morgan fingerprint density at radius 2 is 2.05 bits per heavy atom. The number of halogens is 2. The van der Waals surface area contributed by atoms with Gasteiger partial charge in [-0.15, -0.1) is 0 Å². The third kappa shape index (κ3) is 2.62. The average Bonchev–Trinajstić information content (AvgIpc) is 2.55. The van der Waals surface area contributed by atoms with E-state index in [2.05, 4.69) is 0 Å². The van der Waals surface area contributed by atoms with Crippen LogP contribution in [-0.4, -0.2) is 30.9 Å². The topological polar surface area (TPSA) is 46.6 Å². The molecule has 6 heteroatoms. The van der Waals surface area contributed by atoms with Crippen molar-refractivity contribution in [1.82, 2.24) is 0 Å². The van der Waals surface area contributed by atoms with E-state index in [1.54, 1.807) is 0 Å². The third-order valence-corrected chi connectivity index (χ3v) is 3.07. The quantitative estimate of drug-likeness (QED) is 0.798. The minimum Gasteiger partial charge on any atom is -0.377 e. The maximum atomic E-state index is 13.4. The summed E-state index contributed by atoms with van der Waals surface area (Å²) in [5.41, 5.74) is 0.394. The summed E-state index contributed by atoms with van der Waals surface area (Å²) in [6.45, 7) is 4.21. The Labute approximate surface area is 115 Å². The zero-order chi connectivity index (χ0) is 14.2. The van der Waals surface area contributed by atoms with Gasteiger partial charge in [-0.1, -0.05) is 11.6 Å². The summed E-state index contributed by atoms with van der Waals surface area (Å²) in [6.07, 6.45) is 0.0230. The van der Waals surface area contributed by atoms with E-state index in [1.807, 2.05) is 13.8 Å². The molecule has 4 nitrogen and oxygen atoms in total. The smallest absolute Gasteiger partial charge is 0.299 e. The van der Waals surface area contributed by atoms with Crippen LogP contribution in [0.3, 0.4) is 0 Å². The fourth-order valence-electron chi connectivity index (χ4n) is 1.89. The molecule has 0 saturated heterocycles. The van der Waals surface area contributed by atoms with Gasteiger partial charge in [0.05, 0.1) is 29.0 Å². The molecule has 102 valence electrons. The molecule has 0 aliphatic carbocycles. The minimum absolute atomic E-state index is 0.0230. The Morgan fingerprint density at radius 3 is 2.68 bits per heavy atom. The molecule has 1 aromatic carbocycles. The molecule has 0 aromatic heterocycles. The number of hydrogen-bond donors (Lipinski definition) is 0. The Kier molecular flexibility index (Phi) is 3.87. The molecule has 1 amide bonds. The van der Waals surface area contributed by atoms with E-state index in [9.17, 15) is 14.0 Å². The number of carbonyl (C=O) groups is 2. The standard InChI is InChI=1S/C13H13ClFNO3/c1-7(2)19-4-3-16-11-6-10(15)9(14)5-8(11)12(17)13(16)18/h5-7H,3-4H2,1-2H3. The van der Waals surface area contributed by atoms with Gasteiger partial charge in [-0.05, 0) is 26.0 Å². The molecular formula is C13H13ClFNO3. The highest BCUT2D eigenvalue weighted by Crippen LogP contribution is 2.32. The molecule has 0 unspecified atom stereocenters. The van der Waals surface area contributed by atoms with E-state index in [0.29, 0.717) is 0 Å². The second-order valence-corrected chi connectivity index (χ2v) is 4.90. The molecule has 0 bridgehead atoms. The van der Waals surface area contributed by atoms with Crippen molar-refractivity contribution in [2.75, 3.05) is 18.1 Å². The summed E-state index contributed by atoms with van der Waals surface area (Å²) < 4.78 is 18.8. The summed E-state index contributed by atoms with van der Waals surface area (Å²) >= 11 is 5.62. The lowest BCUT2D eigenvalue weighted by Crippen LogP contribution is -2.33. The number of benzene rings is 1. The average molecular weight is 286 g/mol. The van der Waals surface area contributed by atoms with Crippen LogP contribution in [0.4, 0.5) is 10.1 Å². The van der Waals surface area contributed by atoms with Crippen LogP contribution in [0.5, 0.6) is 0 Å². The monoisotopic (exact) mass is 285 g/mol. The van der Waals surface area contributed by atoms with Crippen LogP contribution in [0.25, 0.3) is 0 Å². The molecular weight excluding hydrogens is 273 g/mol. The Morgan fingerprint density at radius 1 is 1.37 bits per heavy atom. The first-order valence-electron chi connectivity index (χ1n) is 5.88. The number of fused-ring (bicyclic) bond motifs is 1. The van der Waals surface area contributed by atoms with Gasteiger partial charge in [0.15, 0.2) is 0 Å². The zero-order valence-electron chi connectivity index (χ0n) is 10.6. The Hall–Kier alpha value is -1.46. The third-order valence-electron chi connectivity index (χ3n) is 2.78. The van der Waals surface area contributed by atoms with Gasteiger partial charge in [0, 0.05) is 6.54 Å². The lowest BCUT2D eigenvalue weighted by Gasteiger charge is -2.17. The van der Waals surface area contributed by atoms with Gasteiger partial charge in [0.1, 0.15) is 5.82 Å². The van der Waals surface area contributed by atoms with Gasteiger partial charge < -0.3 is 9.64 Å². The van der Waals surface area contributed by atoms with Gasteiger partial charge in [0.2, 0.25) is 0 Å². The number of hydrogen-bond acceptors (Lipinski definition) is 3. The van der Waals surface area contributed by atoms with E-state index < -0.39 is 17.5 Å². The number of amides is 1. The maximum Gasteiger partial charge on any atom is 0.299 e. The summed E-state index contributed by atoms with van der Waals surface area (Å²) in [5.74, 6) is -2.00. The first-order valence-corrected chi connectivity index (χ1v) is 6.26. The lowest BCUT2D eigenvalue weighted by atomic mass is 10.1. The molecule has 0 spiro atoms. The SMILES string of the molecule is CC(C)OCCN1C(=O)C(=O)c2cc(Cl)c(F)cc21. The van der Waals surface area contributed by atoms with Gasteiger partial charge in [-0.3, -0.25) is 9.59 Å². The number of rotatable bonds is 4. The summed E-state index contributed by atoms with van der Waals surface area (Å²) in [5, 5.41) is -0.166. The van der Waals surface area contributed by atoms with Crippen LogP contribution in [0.2, 0.25) is 5.02 Å². The molecule has 0 N–H and O–H groups in total. The first kappa shape index (κ1) is 14.0. The van der Waals surface area contributed by atoms with Gasteiger partial charge in [0.25, 0.3) is 11.7 Å². The van der Waals surface area contributed by atoms with E-state index in [1.165, 1.54) is 11.0 Å².